The average molecular weight is 262 g/mol. The van der Waals surface area contributed by atoms with E-state index in [4.69, 9.17) is 10.5 Å². The van der Waals surface area contributed by atoms with Gasteiger partial charge in [-0.25, -0.2) is 4.39 Å². The second kappa shape index (κ2) is 5.67. The van der Waals surface area contributed by atoms with Gasteiger partial charge in [-0.3, -0.25) is 0 Å². The van der Waals surface area contributed by atoms with Crippen LogP contribution in [0.25, 0.3) is 0 Å². The third-order valence-electron chi connectivity index (χ3n) is 3.03. The van der Waals surface area contributed by atoms with E-state index in [1.54, 1.807) is 6.07 Å². The minimum absolute atomic E-state index is 0. The summed E-state index contributed by atoms with van der Waals surface area (Å²) in [5.74, 6) is 0.311. The van der Waals surface area contributed by atoms with Crippen molar-refractivity contribution in [2.45, 2.75) is 25.0 Å². The van der Waals surface area contributed by atoms with E-state index in [0.29, 0.717) is 11.3 Å². The summed E-state index contributed by atoms with van der Waals surface area (Å²) in [6.07, 6.45) is 1.45. The number of rotatable bonds is 4. The fraction of sp³-hybridized carbons (Fsp3) is 0.500. The maximum absolute atomic E-state index is 13.0. The van der Waals surface area contributed by atoms with Crippen LogP contribution in [-0.4, -0.2) is 18.3 Å². The van der Waals surface area contributed by atoms with E-state index in [-0.39, 0.29) is 24.1 Å². The predicted molar refractivity (Wildman–Crippen MR) is 65.9 cm³/mol. The molecule has 2 atom stereocenters. The number of hydrogen-bond donors (Lipinski definition) is 2. The van der Waals surface area contributed by atoms with Crippen LogP contribution in [0.15, 0.2) is 18.2 Å². The van der Waals surface area contributed by atoms with Gasteiger partial charge in [0, 0.05) is 11.6 Å². The molecule has 1 aromatic carbocycles. The van der Waals surface area contributed by atoms with Gasteiger partial charge in [-0.1, -0.05) is 6.07 Å². The molecule has 0 radical (unpaired) electrons. The molecule has 0 saturated heterocycles. The van der Waals surface area contributed by atoms with Crippen molar-refractivity contribution in [3.63, 3.8) is 0 Å². The summed E-state index contributed by atoms with van der Waals surface area (Å²) < 4.78 is 18.1. The molecule has 2 rings (SSSR count). The Kier molecular flexibility index (Phi) is 4.74. The Hall–Kier alpha value is -0.840. The van der Waals surface area contributed by atoms with E-state index < -0.39 is 12.1 Å². The molecule has 1 aliphatic carbocycles. The van der Waals surface area contributed by atoms with Crippen LogP contribution < -0.4 is 10.5 Å². The van der Waals surface area contributed by atoms with E-state index in [1.165, 1.54) is 19.2 Å². The predicted octanol–water partition coefficient (Wildman–Crippen LogP) is 2.03. The molecule has 0 heterocycles. The highest BCUT2D eigenvalue weighted by Crippen LogP contribution is 2.39. The van der Waals surface area contributed by atoms with Crippen molar-refractivity contribution in [1.29, 1.82) is 0 Å². The summed E-state index contributed by atoms with van der Waals surface area (Å²) in [7, 11) is 1.47. The van der Waals surface area contributed by atoms with E-state index in [0.717, 1.165) is 12.8 Å². The van der Waals surface area contributed by atoms with Crippen molar-refractivity contribution in [2.24, 2.45) is 11.7 Å². The smallest absolute Gasteiger partial charge is 0.126 e. The van der Waals surface area contributed by atoms with Gasteiger partial charge in [0.15, 0.2) is 0 Å². The molecule has 5 heteroatoms. The molecule has 0 bridgehead atoms. The summed E-state index contributed by atoms with van der Waals surface area (Å²) in [6.45, 7) is 0. The van der Waals surface area contributed by atoms with Gasteiger partial charge in [-0.2, -0.15) is 0 Å². The van der Waals surface area contributed by atoms with E-state index in [2.05, 4.69) is 0 Å². The molecule has 0 spiro atoms. The van der Waals surface area contributed by atoms with Crippen LogP contribution in [0.4, 0.5) is 4.39 Å². The quantitative estimate of drug-likeness (QED) is 0.872. The Morgan fingerprint density at radius 2 is 2.12 bits per heavy atom. The number of halogens is 2. The Labute approximate surface area is 106 Å². The Morgan fingerprint density at radius 1 is 1.47 bits per heavy atom. The summed E-state index contributed by atoms with van der Waals surface area (Å²) in [5, 5.41) is 9.93. The molecule has 0 aliphatic heterocycles. The lowest BCUT2D eigenvalue weighted by Crippen LogP contribution is -2.28. The van der Waals surface area contributed by atoms with Gasteiger partial charge in [0.1, 0.15) is 11.6 Å². The molecule has 3 nitrogen and oxygen atoms in total. The number of aliphatic hydroxyl groups is 1. The van der Waals surface area contributed by atoms with E-state index in [1.807, 2.05) is 0 Å². The van der Waals surface area contributed by atoms with Crippen molar-refractivity contribution in [1.82, 2.24) is 0 Å². The van der Waals surface area contributed by atoms with Gasteiger partial charge in [-0.05, 0) is 24.8 Å². The van der Waals surface area contributed by atoms with E-state index in [9.17, 15) is 9.50 Å². The topological polar surface area (TPSA) is 55.5 Å². The van der Waals surface area contributed by atoms with Crippen LogP contribution in [0, 0.1) is 11.7 Å². The number of nitrogens with two attached hydrogens (primary N) is 1. The summed E-state index contributed by atoms with van der Waals surface area (Å²) >= 11 is 0. The zero-order valence-corrected chi connectivity index (χ0v) is 10.4. The maximum atomic E-state index is 13.0. The molecular formula is C12H17ClFNO2. The van der Waals surface area contributed by atoms with Crippen molar-refractivity contribution >= 4 is 12.4 Å². The molecule has 1 saturated carbocycles. The first kappa shape index (κ1) is 14.2. The zero-order valence-electron chi connectivity index (χ0n) is 9.60. The van der Waals surface area contributed by atoms with Crippen LogP contribution in [-0.2, 0) is 0 Å². The molecular weight excluding hydrogens is 245 g/mol. The monoisotopic (exact) mass is 261 g/mol. The number of ether oxygens (including phenoxy) is 1. The van der Waals surface area contributed by atoms with Crippen LogP contribution in [0.5, 0.6) is 5.75 Å². The summed E-state index contributed by atoms with van der Waals surface area (Å²) in [4.78, 5) is 0. The van der Waals surface area contributed by atoms with Gasteiger partial charge < -0.3 is 15.6 Å². The number of aliphatic hydroxyl groups excluding tert-OH is 1. The van der Waals surface area contributed by atoms with Gasteiger partial charge in [-0.15, -0.1) is 12.4 Å². The number of benzene rings is 1. The molecule has 0 amide bonds. The lowest BCUT2D eigenvalue weighted by atomic mass is 9.98. The van der Waals surface area contributed by atoms with Gasteiger partial charge in [0.2, 0.25) is 0 Å². The second-order valence-corrected chi connectivity index (χ2v) is 4.24. The summed E-state index contributed by atoms with van der Waals surface area (Å²) in [5.41, 5.74) is 6.61. The average Bonchev–Trinajstić information content (AvgIpc) is 3.10. The van der Waals surface area contributed by atoms with Crippen molar-refractivity contribution < 1.29 is 14.2 Å². The largest absolute Gasteiger partial charge is 0.496 e. The molecule has 0 unspecified atom stereocenters. The first-order valence-corrected chi connectivity index (χ1v) is 5.40. The Bertz CT molecular complexity index is 385. The third-order valence-corrected chi connectivity index (χ3v) is 3.03. The highest BCUT2D eigenvalue weighted by atomic mass is 35.5. The van der Waals surface area contributed by atoms with E-state index >= 15 is 0 Å². The van der Waals surface area contributed by atoms with Crippen LogP contribution in [0.3, 0.4) is 0 Å². The van der Waals surface area contributed by atoms with Crippen molar-refractivity contribution in [3.8, 4) is 5.75 Å². The first-order valence-electron chi connectivity index (χ1n) is 5.40. The lowest BCUT2D eigenvalue weighted by molar-refractivity contribution is 0.121. The Balaban J connectivity index is 0.00000144. The first-order chi connectivity index (χ1) is 7.63. The molecule has 17 heavy (non-hydrogen) atoms. The minimum atomic E-state index is -0.570. The minimum Gasteiger partial charge on any atom is -0.496 e. The molecule has 1 fully saturated rings. The van der Waals surface area contributed by atoms with Crippen molar-refractivity contribution in [3.05, 3.63) is 29.6 Å². The van der Waals surface area contributed by atoms with Crippen molar-refractivity contribution in [2.75, 3.05) is 7.11 Å². The molecule has 0 aromatic heterocycles. The normalized spacial score (nSPS) is 18.1. The SMILES string of the molecule is COc1cc(F)ccc1[C@H](N)[C@H](O)C1CC1.Cl. The molecule has 1 aromatic rings. The molecule has 96 valence electrons. The Morgan fingerprint density at radius 3 is 2.65 bits per heavy atom. The summed E-state index contributed by atoms with van der Waals surface area (Å²) in [6, 6.07) is 3.68. The number of hydrogen-bond acceptors (Lipinski definition) is 3. The van der Waals surface area contributed by atoms with Crippen LogP contribution in [0.2, 0.25) is 0 Å². The zero-order chi connectivity index (χ0) is 11.7. The fourth-order valence-electron chi connectivity index (χ4n) is 1.88. The van der Waals surface area contributed by atoms with Gasteiger partial charge >= 0.3 is 0 Å². The molecule has 1 aliphatic rings. The third kappa shape index (κ3) is 3.09. The van der Waals surface area contributed by atoms with Gasteiger partial charge in [0.25, 0.3) is 0 Å². The lowest BCUT2D eigenvalue weighted by Gasteiger charge is -2.20. The van der Waals surface area contributed by atoms with Crippen LogP contribution in [0.1, 0.15) is 24.4 Å². The number of methoxy groups -OCH3 is 1. The highest BCUT2D eigenvalue weighted by molar-refractivity contribution is 5.85. The fourth-order valence-corrected chi connectivity index (χ4v) is 1.88. The maximum Gasteiger partial charge on any atom is 0.126 e. The second-order valence-electron chi connectivity index (χ2n) is 4.24. The molecule has 3 N–H and O–H groups in total. The van der Waals surface area contributed by atoms with Crippen LogP contribution >= 0.6 is 12.4 Å². The highest BCUT2D eigenvalue weighted by Gasteiger charge is 2.35. The standard InChI is InChI=1S/C12H16FNO2.ClH/c1-16-10-6-8(13)4-5-9(10)11(14)12(15)7-2-3-7;/h4-7,11-12,15H,2-3,14H2,1H3;1H/t11-,12+;/m0./s1. The van der Waals surface area contributed by atoms with Gasteiger partial charge in [0.05, 0.1) is 19.3 Å².